The van der Waals surface area contributed by atoms with Crippen molar-refractivity contribution in [1.82, 2.24) is 4.90 Å². The van der Waals surface area contributed by atoms with E-state index in [4.69, 9.17) is 4.74 Å². The fourth-order valence-corrected chi connectivity index (χ4v) is 1.82. The molecule has 1 aliphatic heterocycles. The van der Waals surface area contributed by atoms with E-state index in [1.165, 1.54) is 13.1 Å². The largest absolute Gasteiger partial charge is 0.391 e. The van der Waals surface area contributed by atoms with Crippen LogP contribution in [0.3, 0.4) is 0 Å². The molecule has 3 nitrogen and oxygen atoms in total. The topological polar surface area (TPSA) is 32.7 Å². The zero-order valence-corrected chi connectivity index (χ0v) is 9.57. The van der Waals surface area contributed by atoms with Crippen LogP contribution in [0.25, 0.3) is 0 Å². The quantitative estimate of drug-likeness (QED) is 0.695. The summed E-state index contributed by atoms with van der Waals surface area (Å²) in [6, 6.07) is 0. The van der Waals surface area contributed by atoms with Crippen molar-refractivity contribution >= 4 is 0 Å². The van der Waals surface area contributed by atoms with E-state index >= 15 is 0 Å². The van der Waals surface area contributed by atoms with Crippen LogP contribution in [-0.4, -0.2) is 49.5 Å². The van der Waals surface area contributed by atoms with E-state index in [2.05, 4.69) is 18.7 Å². The number of rotatable bonds is 6. The highest BCUT2D eigenvalue weighted by molar-refractivity contribution is 4.81. The van der Waals surface area contributed by atoms with Crippen molar-refractivity contribution in [3.8, 4) is 0 Å². The van der Waals surface area contributed by atoms with E-state index in [0.29, 0.717) is 6.61 Å². The third-order valence-electron chi connectivity index (χ3n) is 3.07. The van der Waals surface area contributed by atoms with E-state index in [0.717, 1.165) is 24.8 Å². The number of ether oxygens (including phenoxy) is 1. The van der Waals surface area contributed by atoms with E-state index in [1.54, 1.807) is 7.11 Å². The lowest BCUT2D eigenvalue weighted by atomic mass is 9.88. The first-order valence-corrected chi connectivity index (χ1v) is 5.52. The SMILES string of the molecule is COCC(O)CCN1CC(C(C)C)C1. The van der Waals surface area contributed by atoms with Gasteiger partial charge in [0, 0.05) is 26.7 Å². The lowest BCUT2D eigenvalue weighted by Gasteiger charge is -2.42. The van der Waals surface area contributed by atoms with Crippen molar-refractivity contribution < 1.29 is 9.84 Å². The van der Waals surface area contributed by atoms with Crippen LogP contribution in [0.4, 0.5) is 0 Å². The maximum absolute atomic E-state index is 9.44. The molecule has 14 heavy (non-hydrogen) atoms. The fraction of sp³-hybridized carbons (Fsp3) is 1.00. The number of aliphatic hydroxyl groups is 1. The second kappa shape index (κ2) is 5.69. The third kappa shape index (κ3) is 3.56. The predicted molar refractivity (Wildman–Crippen MR) is 57.3 cm³/mol. The lowest BCUT2D eigenvalue weighted by Crippen LogP contribution is -2.49. The highest BCUT2D eigenvalue weighted by Crippen LogP contribution is 2.23. The zero-order valence-electron chi connectivity index (χ0n) is 9.57. The number of likely N-dealkylation sites (tertiary alicyclic amines) is 1. The molecule has 0 aromatic rings. The maximum atomic E-state index is 9.44. The third-order valence-corrected chi connectivity index (χ3v) is 3.07. The van der Waals surface area contributed by atoms with Crippen molar-refractivity contribution in [2.45, 2.75) is 26.4 Å². The Kier molecular flexibility index (Phi) is 4.85. The Hall–Kier alpha value is -0.120. The van der Waals surface area contributed by atoms with Gasteiger partial charge in [-0.3, -0.25) is 0 Å². The van der Waals surface area contributed by atoms with Crippen LogP contribution < -0.4 is 0 Å². The normalized spacial score (nSPS) is 21.2. The Morgan fingerprint density at radius 2 is 2.07 bits per heavy atom. The van der Waals surface area contributed by atoms with Crippen molar-refractivity contribution in [3.63, 3.8) is 0 Å². The number of nitrogens with zero attached hydrogens (tertiary/aromatic N) is 1. The predicted octanol–water partition coefficient (Wildman–Crippen LogP) is 0.972. The Balaban J connectivity index is 2.00. The summed E-state index contributed by atoms with van der Waals surface area (Å²) in [6.45, 7) is 8.44. The lowest BCUT2D eigenvalue weighted by molar-refractivity contribution is 0.0245. The Morgan fingerprint density at radius 1 is 1.43 bits per heavy atom. The van der Waals surface area contributed by atoms with Crippen LogP contribution in [0.2, 0.25) is 0 Å². The van der Waals surface area contributed by atoms with Gasteiger partial charge in [0.2, 0.25) is 0 Å². The molecule has 1 fully saturated rings. The smallest absolute Gasteiger partial charge is 0.0785 e. The molecule has 0 aromatic carbocycles. The van der Waals surface area contributed by atoms with Crippen molar-refractivity contribution in [2.75, 3.05) is 33.4 Å². The molecule has 1 heterocycles. The molecule has 1 rings (SSSR count). The van der Waals surface area contributed by atoms with Gasteiger partial charge in [-0.2, -0.15) is 0 Å². The second-order valence-corrected chi connectivity index (χ2v) is 4.66. The molecule has 84 valence electrons. The summed E-state index contributed by atoms with van der Waals surface area (Å²) in [5.74, 6) is 1.67. The van der Waals surface area contributed by atoms with Gasteiger partial charge < -0.3 is 14.7 Å². The van der Waals surface area contributed by atoms with Crippen LogP contribution >= 0.6 is 0 Å². The summed E-state index contributed by atoms with van der Waals surface area (Å²) in [6.07, 6.45) is 0.539. The molecule has 1 saturated heterocycles. The first-order valence-electron chi connectivity index (χ1n) is 5.52. The van der Waals surface area contributed by atoms with Crippen LogP contribution in [0.5, 0.6) is 0 Å². The highest BCUT2D eigenvalue weighted by Gasteiger charge is 2.28. The van der Waals surface area contributed by atoms with Crippen LogP contribution in [0, 0.1) is 11.8 Å². The van der Waals surface area contributed by atoms with Gasteiger partial charge in [-0.15, -0.1) is 0 Å². The maximum Gasteiger partial charge on any atom is 0.0785 e. The summed E-state index contributed by atoms with van der Waals surface area (Å²) in [7, 11) is 1.63. The van der Waals surface area contributed by atoms with Gasteiger partial charge in [-0.25, -0.2) is 0 Å². The summed E-state index contributed by atoms with van der Waals surface area (Å²) < 4.78 is 4.88. The van der Waals surface area contributed by atoms with Gasteiger partial charge in [0.1, 0.15) is 0 Å². The molecule has 0 aliphatic carbocycles. The molecule has 1 aliphatic rings. The summed E-state index contributed by atoms with van der Waals surface area (Å²) in [5.41, 5.74) is 0. The van der Waals surface area contributed by atoms with Crippen molar-refractivity contribution in [1.29, 1.82) is 0 Å². The van der Waals surface area contributed by atoms with Gasteiger partial charge in [0.25, 0.3) is 0 Å². The average Bonchev–Trinajstić information content (AvgIpc) is 2.01. The first-order chi connectivity index (χ1) is 6.63. The zero-order chi connectivity index (χ0) is 10.6. The molecule has 0 radical (unpaired) electrons. The number of hydrogen-bond acceptors (Lipinski definition) is 3. The van der Waals surface area contributed by atoms with Gasteiger partial charge >= 0.3 is 0 Å². The average molecular weight is 201 g/mol. The van der Waals surface area contributed by atoms with Gasteiger partial charge in [0.15, 0.2) is 0 Å². The van der Waals surface area contributed by atoms with Crippen molar-refractivity contribution in [2.24, 2.45) is 11.8 Å². The molecular weight excluding hydrogens is 178 g/mol. The highest BCUT2D eigenvalue weighted by atomic mass is 16.5. The minimum absolute atomic E-state index is 0.293. The second-order valence-electron chi connectivity index (χ2n) is 4.66. The van der Waals surface area contributed by atoms with E-state index in [1.807, 2.05) is 0 Å². The van der Waals surface area contributed by atoms with Gasteiger partial charge in [0.05, 0.1) is 12.7 Å². The molecule has 3 heteroatoms. The molecule has 1 atom stereocenters. The molecule has 0 bridgehead atoms. The number of aliphatic hydroxyl groups excluding tert-OH is 1. The standard InChI is InChI=1S/C11H23NO2/c1-9(2)10-6-12(7-10)5-4-11(13)8-14-3/h9-11,13H,4-8H2,1-3H3. The molecule has 1 N–H and O–H groups in total. The van der Waals surface area contributed by atoms with E-state index in [-0.39, 0.29) is 6.10 Å². The van der Waals surface area contributed by atoms with E-state index < -0.39 is 0 Å². The van der Waals surface area contributed by atoms with Crippen molar-refractivity contribution in [3.05, 3.63) is 0 Å². The fourth-order valence-electron chi connectivity index (χ4n) is 1.82. The monoisotopic (exact) mass is 201 g/mol. The van der Waals surface area contributed by atoms with Gasteiger partial charge in [-0.1, -0.05) is 13.8 Å². The minimum Gasteiger partial charge on any atom is -0.391 e. The van der Waals surface area contributed by atoms with Crippen LogP contribution in [-0.2, 0) is 4.74 Å². The molecule has 0 amide bonds. The van der Waals surface area contributed by atoms with E-state index in [9.17, 15) is 5.11 Å². The summed E-state index contributed by atoms with van der Waals surface area (Å²) in [4.78, 5) is 2.41. The summed E-state index contributed by atoms with van der Waals surface area (Å²) in [5, 5.41) is 9.44. The van der Waals surface area contributed by atoms with Crippen LogP contribution in [0.1, 0.15) is 20.3 Å². The first kappa shape index (κ1) is 12.0. The minimum atomic E-state index is -0.293. The Labute approximate surface area is 87.1 Å². The summed E-state index contributed by atoms with van der Waals surface area (Å²) >= 11 is 0. The molecule has 0 saturated carbocycles. The molecule has 1 unspecified atom stereocenters. The molecule has 0 aromatic heterocycles. The number of hydrogen-bond donors (Lipinski definition) is 1. The Bertz CT molecular complexity index is 155. The number of methoxy groups -OCH3 is 1. The molecule has 0 spiro atoms. The Morgan fingerprint density at radius 3 is 2.57 bits per heavy atom. The molecular formula is C11H23NO2. The van der Waals surface area contributed by atoms with Gasteiger partial charge in [-0.05, 0) is 18.3 Å². The van der Waals surface area contributed by atoms with Crippen LogP contribution in [0.15, 0.2) is 0 Å².